The second kappa shape index (κ2) is 3.97. The summed E-state index contributed by atoms with van der Waals surface area (Å²) in [6, 6.07) is 10.0. The first-order valence-electron chi connectivity index (χ1n) is 5.56. The first kappa shape index (κ1) is 9.96. The van der Waals surface area contributed by atoms with Gasteiger partial charge in [-0.25, -0.2) is 0 Å². The van der Waals surface area contributed by atoms with Crippen LogP contribution in [0.4, 0.5) is 5.69 Å². The van der Waals surface area contributed by atoms with Crippen LogP contribution < -0.4 is 5.32 Å². The third-order valence-electron chi connectivity index (χ3n) is 2.83. The van der Waals surface area contributed by atoms with E-state index in [4.69, 9.17) is 4.42 Å². The Labute approximate surface area is 98.6 Å². The molecule has 0 aliphatic rings. The van der Waals surface area contributed by atoms with E-state index in [1.165, 1.54) is 0 Å². The molecular weight excluding hydrogens is 214 g/mol. The molecule has 1 aromatic carbocycles. The molecule has 1 atom stereocenters. The third-order valence-corrected chi connectivity index (χ3v) is 2.83. The molecule has 3 aromatic rings. The predicted molar refractivity (Wildman–Crippen MR) is 66.8 cm³/mol. The molecule has 0 spiro atoms. The van der Waals surface area contributed by atoms with E-state index in [2.05, 4.69) is 22.4 Å². The molecule has 3 rings (SSSR count). The van der Waals surface area contributed by atoms with Crippen molar-refractivity contribution in [2.75, 3.05) is 5.32 Å². The van der Waals surface area contributed by atoms with E-state index in [0.29, 0.717) is 0 Å². The van der Waals surface area contributed by atoms with Crippen LogP contribution in [0.2, 0.25) is 0 Å². The highest BCUT2D eigenvalue weighted by molar-refractivity contribution is 5.90. The van der Waals surface area contributed by atoms with E-state index < -0.39 is 0 Å². The van der Waals surface area contributed by atoms with Crippen molar-refractivity contribution in [2.45, 2.75) is 13.0 Å². The first-order valence-corrected chi connectivity index (χ1v) is 5.56. The summed E-state index contributed by atoms with van der Waals surface area (Å²) in [5.41, 5.74) is 2.08. The van der Waals surface area contributed by atoms with Crippen molar-refractivity contribution in [1.29, 1.82) is 0 Å². The Balaban J connectivity index is 1.92. The van der Waals surface area contributed by atoms with Crippen LogP contribution in [0.25, 0.3) is 10.9 Å². The normalized spacial score (nSPS) is 12.8. The smallest absolute Gasteiger partial charge is 0.125 e. The quantitative estimate of drug-likeness (QED) is 0.721. The molecule has 4 heteroatoms. The number of furan rings is 1. The van der Waals surface area contributed by atoms with Gasteiger partial charge >= 0.3 is 0 Å². The van der Waals surface area contributed by atoms with Crippen LogP contribution in [0.15, 0.2) is 47.2 Å². The van der Waals surface area contributed by atoms with E-state index in [1.807, 2.05) is 36.5 Å². The van der Waals surface area contributed by atoms with E-state index in [9.17, 15) is 0 Å². The standard InChI is InChI=1S/C13H13N3O/c1-9(13-6-3-7-17-13)15-11-4-2-5-12-10(11)8-14-16-12/h2-9,15H,1H3,(H,14,16). The van der Waals surface area contributed by atoms with Gasteiger partial charge in [0.2, 0.25) is 0 Å². The Morgan fingerprint density at radius 1 is 1.29 bits per heavy atom. The molecular formula is C13H13N3O. The number of hydrogen-bond donors (Lipinski definition) is 2. The Hall–Kier alpha value is -2.23. The van der Waals surface area contributed by atoms with Gasteiger partial charge < -0.3 is 9.73 Å². The lowest BCUT2D eigenvalue weighted by Crippen LogP contribution is -2.05. The monoisotopic (exact) mass is 227 g/mol. The largest absolute Gasteiger partial charge is 0.467 e. The Morgan fingerprint density at radius 2 is 2.24 bits per heavy atom. The number of aromatic amines is 1. The molecule has 0 aliphatic heterocycles. The van der Waals surface area contributed by atoms with Gasteiger partial charge in [0.25, 0.3) is 0 Å². The molecule has 2 heterocycles. The molecule has 0 saturated carbocycles. The number of rotatable bonds is 3. The Morgan fingerprint density at radius 3 is 3.06 bits per heavy atom. The fourth-order valence-corrected chi connectivity index (χ4v) is 1.94. The molecule has 2 aromatic heterocycles. The number of H-pyrrole nitrogens is 1. The summed E-state index contributed by atoms with van der Waals surface area (Å²) in [4.78, 5) is 0. The van der Waals surface area contributed by atoms with Crippen molar-refractivity contribution in [1.82, 2.24) is 10.2 Å². The average molecular weight is 227 g/mol. The number of hydrogen-bond acceptors (Lipinski definition) is 3. The van der Waals surface area contributed by atoms with Crippen molar-refractivity contribution in [3.8, 4) is 0 Å². The number of anilines is 1. The van der Waals surface area contributed by atoms with Crippen LogP contribution in [0.1, 0.15) is 18.7 Å². The lowest BCUT2D eigenvalue weighted by Gasteiger charge is -2.13. The van der Waals surface area contributed by atoms with Gasteiger partial charge in [-0.15, -0.1) is 0 Å². The highest BCUT2D eigenvalue weighted by Crippen LogP contribution is 2.25. The fraction of sp³-hybridized carbons (Fsp3) is 0.154. The highest BCUT2D eigenvalue weighted by Gasteiger charge is 2.10. The van der Waals surface area contributed by atoms with E-state index in [-0.39, 0.29) is 6.04 Å². The van der Waals surface area contributed by atoms with Crippen LogP contribution in [-0.4, -0.2) is 10.2 Å². The summed E-state index contributed by atoms with van der Waals surface area (Å²) in [6.07, 6.45) is 3.51. The van der Waals surface area contributed by atoms with Crippen molar-refractivity contribution in [3.63, 3.8) is 0 Å². The maximum Gasteiger partial charge on any atom is 0.125 e. The molecule has 0 amide bonds. The van der Waals surface area contributed by atoms with Gasteiger partial charge in [-0.3, -0.25) is 5.10 Å². The van der Waals surface area contributed by atoms with Crippen LogP contribution >= 0.6 is 0 Å². The topological polar surface area (TPSA) is 53.9 Å². The summed E-state index contributed by atoms with van der Waals surface area (Å²) in [5.74, 6) is 0.922. The molecule has 0 saturated heterocycles. The predicted octanol–water partition coefficient (Wildman–Crippen LogP) is 3.33. The van der Waals surface area contributed by atoms with Gasteiger partial charge in [-0.2, -0.15) is 5.10 Å². The molecule has 4 nitrogen and oxygen atoms in total. The molecule has 2 N–H and O–H groups in total. The maximum atomic E-state index is 5.38. The van der Waals surface area contributed by atoms with Crippen LogP contribution in [0.5, 0.6) is 0 Å². The van der Waals surface area contributed by atoms with Crippen LogP contribution in [0.3, 0.4) is 0 Å². The zero-order chi connectivity index (χ0) is 11.7. The van der Waals surface area contributed by atoms with Gasteiger partial charge in [-0.05, 0) is 31.2 Å². The molecule has 1 unspecified atom stereocenters. The summed E-state index contributed by atoms with van der Waals surface area (Å²) in [6.45, 7) is 2.07. The van der Waals surface area contributed by atoms with Gasteiger partial charge in [0.1, 0.15) is 5.76 Å². The van der Waals surface area contributed by atoms with Crippen LogP contribution in [0, 0.1) is 0 Å². The average Bonchev–Trinajstić information content (AvgIpc) is 3.00. The number of benzene rings is 1. The maximum absolute atomic E-state index is 5.38. The highest BCUT2D eigenvalue weighted by atomic mass is 16.3. The second-order valence-electron chi connectivity index (χ2n) is 4.02. The molecule has 0 aliphatic carbocycles. The fourth-order valence-electron chi connectivity index (χ4n) is 1.94. The Bertz CT molecular complexity index is 612. The summed E-state index contributed by atoms with van der Waals surface area (Å²) in [5, 5.41) is 11.5. The first-order chi connectivity index (χ1) is 8.34. The third kappa shape index (κ3) is 1.78. The molecule has 0 radical (unpaired) electrons. The minimum atomic E-state index is 0.130. The molecule has 0 fully saturated rings. The van der Waals surface area contributed by atoms with Gasteiger partial charge in [0.05, 0.1) is 24.0 Å². The number of nitrogens with one attached hydrogen (secondary N) is 2. The molecule has 86 valence electrons. The number of nitrogens with zero attached hydrogens (tertiary/aromatic N) is 1. The molecule has 0 bridgehead atoms. The Kier molecular flexibility index (Phi) is 2.33. The number of fused-ring (bicyclic) bond motifs is 1. The SMILES string of the molecule is CC(Nc1cccc2[nH]ncc12)c1ccco1. The minimum Gasteiger partial charge on any atom is -0.467 e. The van der Waals surface area contributed by atoms with Crippen molar-refractivity contribution >= 4 is 16.6 Å². The summed E-state index contributed by atoms with van der Waals surface area (Å²) < 4.78 is 5.38. The van der Waals surface area contributed by atoms with E-state index in [1.54, 1.807) is 6.26 Å². The van der Waals surface area contributed by atoms with Gasteiger partial charge in [0.15, 0.2) is 0 Å². The molecule has 17 heavy (non-hydrogen) atoms. The van der Waals surface area contributed by atoms with Crippen LogP contribution in [-0.2, 0) is 0 Å². The zero-order valence-electron chi connectivity index (χ0n) is 9.47. The van der Waals surface area contributed by atoms with Crippen molar-refractivity contribution in [3.05, 3.63) is 48.6 Å². The van der Waals surface area contributed by atoms with Crippen molar-refractivity contribution in [2.24, 2.45) is 0 Å². The van der Waals surface area contributed by atoms with Crippen molar-refractivity contribution < 1.29 is 4.42 Å². The lowest BCUT2D eigenvalue weighted by molar-refractivity contribution is 0.491. The number of aromatic nitrogens is 2. The van der Waals surface area contributed by atoms with Gasteiger partial charge in [-0.1, -0.05) is 6.07 Å². The summed E-state index contributed by atoms with van der Waals surface area (Å²) >= 11 is 0. The van der Waals surface area contributed by atoms with Gasteiger partial charge in [0, 0.05) is 11.1 Å². The zero-order valence-corrected chi connectivity index (χ0v) is 9.47. The van der Waals surface area contributed by atoms with E-state index in [0.717, 1.165) is 22.4 Å². The summed E-state index contributed by atoms with van der Waals surface area (Å²) in [7, 11) is 0. The lowest BCUT2D eigenvalue weighted by atomic mass is 10.2. The second-order valence-corrected chi connectivity index (χ2v) is 4.02. The minimum absolute atomic E-state index is 0.130. The van der Waals surface area contributed by atoms with E-state index >= 15 is 0 Å².